The summed E-state index contributed by atoms with van der Waals surface area (Å²) in [5, 5.41) is 8.69. The number of likely N-dealkylation sites (tertiary alicyclic amines) is 1. The molecule has 1 unspecified atom stereocenters. The molecule has 1 saturated heterocycles. The average molecular weight is 518 g/mol. The summed E-state index contributed by atoms with van der Waals surface area (Å²) in [6.07, 6.45) is 3.04. The van der Waals surface area contributed by atoms with Crippen molar-refractivity contribution >= 4 is 23.6 Å². The Labute approximate surface area is 221 Å². The second-order valence-corrected chi connectivity index (χ2v) is 14.2. The van der Waals surface area contributed by atoms with Crippen LogP contribution in [0.15, 0.2) is 11.3 Å². The Morgan fingerprint density at radius 3 is 2.11 bits per heavy atom. The van der Waals surface area contributed by atoms with E-state index in [1.165, 1.54) is 0 Å². The summed E-state index contributed by atoms with van der Waals surface area (Å²) in [4.78, 5) is 55.1. The lowest BCUT2D eigenvalue weighted by atomic mass is 9.69. The van der Waals surface area contributed by atoms with Crippen LogP contribution in [0, 0.1) is 22.7 Å². The predicted octanol–water partition coefficient (Wildman–Crippen LogP) is 2.84. The fraction of sp³-hybridized carbons (Fsp3) is 0.786. The van der Waals surface area contributed by atoms with Crippen molar-refractivity contribution in [3.63, 3.8) is 0 Å². The Morgan fingerprint density at radius 1 is 1.00 bits per heavy atom. The van der Waals surface area contributed by atoms with Gasteiger partial charge in [0.05, 0.1) is 11.7 Å². The van der Waals surface area contributed by atoms with E-state index in [1.54, 1.807) is 4.90 Å². The van der Waals surface area contributed by atoms with Gasteiger partial charge in [-0.1, -0.05) is 41.5 Å². The van der Waals surface area contributed by atoms with Gasteiger partial charge in [-0.3, -0.25) is 14.4 Å². The summed E-state index contributed by atoms with van der Waals surface area (Å²) in [7, 11) is 0. The molecular formula is C28H47N5O4. The number of hydrogen-bond acceptors (Lipinski definition) is 5. The Morgan fingerprint density at radius 2 is 1.62 bits per heavy atom. The first kappa shape index (κ1) is 29.0. The van der Waals surface area contributed by atoms with Gasteiger partial charge in [-0.2, -0.15) is 0 Å². The van der Waals surface area contributed by atoms with Crippen molar-refractivity contribution in [2.45, 2.75) is 112 Å². The van der Waals surface area contributed by atoms with Crippen molar-refractivity contribution in [2.24, 2.45) is 28.4 Å². The number of nitrogens with two attached hydrogens (primary N) is 1. The summed E-state index contributed by atoms with van der Waals surface area (Å²) >= 11 is 0. The van der Waals surface area contributed by atoms with E-state index in [4.69, 9.17) is 5.73 Å². The van der Waals surface area contributed by atoms with Crippen LogP contribution in [0.25, 0.3) is 0 Å². The molecule has 2 fully saturated rings. The van der Waals surface area contributed by atoms with Crippen LogP contribution in [-0.2, 0) is 14.4 Å². The number of hydrogen-bond donors (Lipinski definition) is 4. The molecule has 2 aliphatic carbocycles. The van der Waals surface area contributed by atoms with Crippen LogP contribution in [0.5, 0.6) is 0 Å². The van der Waals surface area contributed by atoms with Crippen molar-refractivity contribution in [1.29, 1.82) is 0 Å². The molecule has 3 aliphatic rings. The van der Waals surface area contributed by atoms with Gasteiger partial charge < -0.3 is 26.6 Å². The van der Waals surface area contributed by atoms with Crippen LogP contribution in [0.3, 0.4) is 0 Å². The molecular weight excluding hydrogens is 470 g/mol. The van der Waals surface area contributed by atoms with Crippen LogP contribution in [0.4, 0.5) is 4.79 Å². The Balaban J connectivity index is 1.86. The molecule has 0 bridgehead atoms. The van der Waals surface area contributed by atoms with Crippen LogP contribution >= 0.6 is 0 Å². The average Bonchev–Trinajstić information content (AvgIpc) is 3.15. The fourth-order valence-electron chi connectivity index (χ4n) is 5.82. The molecule has 1 saturated carbocycles. The number of rotatable bonds is 4. The normalized spacial score (nSPS) is 27.3. The van der Waals surface area contributed by atoms with Gasteiger partial charge in [-0.15, -0.1) is 0 Å². The standard InChI is InChI=1S/C28H47N5O4/c1-26(2,3)17-12-13-33(24(36)22(27(4,5)6)31-25(37)32-28(7,8)9)20(17)23(35)30-18-14-15-10-11-16(15)19(29)21(18)34/h15,17-18,20,22H,10-14,29H2,1-9H3,(H,30,35)(H2,31,32,37)/t15?,17-,18+,20-,22+/m0/s1. The molecule has 0 spiro atoms. The highest BCUT2D eigenvalue weighted by atomic mass is 16.2. The van der Waals surface area contributed by atoms with Crippen LogP contribution < -0.4 is 21.7 Å². The zero-order chi connectivity index (χ0) is 28.1. The molecule has 37 heavy (non-hydrogen) atoms. The van der Waals surface area contributed by atoms with Gasteiger partial charge in [0.1, 0.15) is 12.1 Å². The number of carbonyl (C=O) groups excluding carboxylic acids is 4. The van der Waals surface area contributed by atoms with E-state index >= 15 is 0 Å². The first-order valence-corrected chi connectivity index (χ1v) is 13.5. The van der Waals surface area contributed by atoms with E-state index < -0.39 is 35.1 Å². The highest BCUT2D eigenvalue weighted by Gasteiger charge is 2.50. The van der Waals surface area contributed by atoms with Crippen molar-refractivity contribution in [2.75, 3.05) is 6.54 Å². The second kappa shape index (κ2) is 9.95. The summed E-state index contributed by atoms with van der Waals surface area (Å²) in [6, 6.07) is -2.68. The lowest BCUT2D eigenvalue weighted by Gasteiger charge is -2.41. The van der Waals surface area contributed by atoms with Crippen LogP contribution in [-0.4, -0.2) is 58.7 Å². The first-order chi connectivity index (χ1) is 16.8. The van der Waals surface area contributed by atoms with E-state index in [9.17, 15) is 19.2 Å². The fourth-order valence-corrected chi connectivity index (χ4v) is 5.82. The van der Waals surface area contributed by atoms with Gasteiger partial charge in [0.2, 0.25) is 17.6 Å². The van der Waals surface area contributed by atoms with E-state index in [0.717, 1.165) is 18.4 Å². The molecule has 208 valence electrons. The van der Waals surface area contributed by atoms with Crippen molar-refractivity contribution in [3.8, 4) is 0 Å². The third-order valence-corrected chi connectivity index (χ3v) is 7.96. The third-order valence-electron chi connectivity index (χ3n) is 7.96. The molecule has 5 atom stereocenters. The first-order valence-electron chi connectivity index (χ1n) is 13.5. The van der Waals surface area contributed by atoms with Crippen molar-refractivity contribution in [1.82, 2.24) is 20.9 Å². The van der Waals surface area contributed by atoms with Gasteiger partial charge >= 0.3 is 6.03 Å². The number of allylic oxidation sites excluding steroid dienone is 1. The lowest BCUT2D eigenvalue weighted by Crippen LogP contribution is -2.62. The molecule has 0 aromatic carbocycles. The van der Waals surface area contributed by atoms with Gasteiger partial charge in [-0.25, -0.2) is 4.79 Å². The maximum Gasteiger partial charge on any atom is 0.315 e. The Bertz CT molecular complexity index is 982. The van der Waals surface area contributed by atoms with Crippen molar-refractivity contribution in [3.05, 3.63) is 11.3 Å². The quantitative estimate of drug-likeness (QED) is 0.455. The molecule has 3 rings (SSSR count). The summed E-state index contributed by atoms with van der Waals surface area (Å²) in [5.74, 6) is -0.703. The van der Waals surface area contributed by atoms with Gasteiger partial charge in [0.15, 0.2) is 0 Å². The number of urea groups is 1. The molecule has 9 nitrogen and oxygen atoms in total. The molecule has 1 heterocycles. The minimum Gasteiger partial charge on any atom is -0.396 e. The summed E-state index contributed by atoms with van der Waals surface area (Å²) in [6.45, 7) is 17.9. The van der Waals surface area contributed by atoms with Gasteiger partial charge in [0.25, 0.3) is 0 Å². The Kier molecular flexibility index (Phi) is 7.79. The zero-order valence-electron chi connectivity index (χ0n) is 24.1. The SMILES string of the molecule is CC(C)(C)NC(=O)N[C@H](C(=O)N1CC[C@H](C(C)(C)C)[C@H]1C(=O)N[C@@H]1CC2CCC2=C(N)C1=O)C(C)(C)C. The topological polar surface area (TPSA) is 134 Å². The van der Waals surface area contributed by atoms with Crippen molar-refractivity contribution < 1.29 is 19.2 Å². The summed E-state index contributed by atoms with van der Waals surface area (Å²) in [5.41, 5.74) is 6.11. The number of fused-ring (bicyclic) bond motifs is 1. The predicted molar refractivity (Wildman–Crippen MR) is 143 cm³/mol. The highest BCUT2D eigenvalue weighted by molar-refractivity contribution is 6.03. The van der Waals surface area contributed by atoms with E-state index in [1.807, 2.05) is 41.5 Å². The van der Waals surface area contributed by atoms with E-state index in [2.05, 4.69) is 36.7 Å². The molecule has 9 heteroatoms. The molecule has 1 aliphatic heterocycles. The smallest absolute Gasteiger partial charge is 0.315 e. The molecule has 5 N–H and O–H groups in total. The number of nitrogens with zero attached hydrogens (tertiary/aromatic N) is 1. The van der Waals surface area contributed by atoms with E-state index in [-0.39, 0.29) is 34.8 Å². The molecule has 4 amide bonds. The van der Waals surface area contributed by atoms with Crippen LogP contribution in [0.2, 0.25) is 0 Å². The number of carbonyl (C=O) groups is 4. The molecule has 0 radical (unpaired) electrons. The number of nitrogens with one attached hydrogen (secondary N) is 3. The molecule has 0 aromatic heterocycles. The largest absolute Gasteiger partial charge is 0.396 e. The van der Waals surface area contributed by atoms with Crippen LogP contribution in [0.1, 0.15) is 88.0 Å². The number of amides is 4. The zero-order valence-corrected chi connectivity index (χ0v) is 24.1. The van der Waals surface area contributed by atoms with Gasteiger partial charge in [-0.05, 0) is 74.7 Å². The molecule has 0 aromatic rings. The maximum atomic E-state index is 14.0. The second-order valence-electron chi connectivity index (χ2n) is 14.2. The lowest BCUT2D eigenvalue weighted by molar-refractivity contribution is -0.144. The number of Topliss-reactive ketones (excluding diaryl/α,β-unsaturated/α-hetero) is 1. The minimum absolute atomic E-state index is 0.105. The summed E-state index contributed by atoms with van der Waals surface area (Å²) < 4.78 is 0. The third kappa shape index (κ3) is 6.29. The minimum atomic E-state index is -0.837. The highest BCUT2D eigenvalue weighted by Crippen LogP contribution is 2.43. The van der Waals surface area contributed by atoms with E-state index in [0.29, 0.717) is 25.1 Å². The van der Waals surface area contributed by atoms with Gasteiger partial charge in [0, 0.05) is 12.1 Å². The number of ketones is 1. The Hall–Kier alpha value is -2.58. The maximum absolute atomic E-state index is 14.0. The monoisotopic (exact) mass is 517 g/mol.